The van der Waals surface area contributed by atoms with E-state index >= 15 is 0 Å². The third-order valence-electron chi connectivity index (χ3n) is 5.14. The lowest BCUT2D eigenvalue weighted by Gasteiger charge is -2.27. The van der Waals surface area contributed by atoms with Crippen molar-refractivity contribution in [2.75, 3.05) is 19.6 Å². The summed E-state index contributed by atoms with van der Waals surface area (Å²) in [5.41, 5.74) is 3.47. The molecule has 148 valence electrons. The summed E-state index contributed by atoms with van der Waals surface area (Å²) in [4.78, 5) is 16.0. The van der Waals surface area contributed by atoms with Crippen LogP contribution < -0.4 is 5.32 Å². The normalized spacial score (nSPS) is 15.6. The Labute approximate surface area is 174 Å². The zero-order valence-corrected chi connectivity index (χ0v) is 16.9. The third kappa shape index (κ3) is 5.00. The molecule has 0 spiro atoms. The molecule has 1 N–H and O–H groups in total. The van der Waals surface area contributed by atoms with Crippen molar-refractivity contribution in [2.24, 2.45) is 0 Å². The highest BCUT2D eigenvalue weighted by Gasteiger charge is 2.21. The monoisotopic (exact) mass is 406 g/mol. The molecule has 1 amide bonds. The number of hydrogen-bond acceptors (Lipinski definition) is 3. The number of hydrogen-bond donors (Lipinski definition) is 1. The highest BCUT2D eigenvalue weighted by Crippen LogP contribution is 2.26. The van der Waals surface area contributed by atoms with Crippen LogP contribution >= 0.6 is 11.3 Å². The Bertz CT molecular complexity index is 968. The average molecular weight is 407 g/mol. The summed E-state index contributed by atoms with van der Waals surface area (Å²) < 4.78 is 13.3. The third-order valence-corrected chi connectivity index (χ3v) is 6.08. The second-order valence-electron chi connectivity index (χ2n) is 7.15. The van der Waals surface area contributed by atoms with E-state index in [-0.39, 0.29) is 17.8 Å². The van der Waals surface area contributed by atoms with Crippen molar-refractivity contribution < 1.29 is 9.18 Å². The van der Waals surface area contributed by atoms with Crippen LogP contribution in [0.1, 0.15) is 28.5 Å². The summed E-state index contributed by atoms with van der Waals surface area (Å²) in [6.45, 7) is 1.97. The molecule has 29 heavy (non-hydrogen) atoms. The first kappa shape index (κ1) is 19.6. The molecule has 0 fully saturated rings. The van der Waals surface area contributed by atoms with Gasteiger partial charge in [0.1, 0.15) is 5.82 Å². The molecule has 4 rings (SSSR count). The maximum atomic E-state index is 13.3. The van der Waals surface area contributed by atoms with Crippen LogP contribution in [0.15, 0.2) is 78.2 Å². The van der Waals surface area contributed by atoms with Gasteiger partial charge in [0.25, 0.3) is 0 Å². The first-order chi connectivity index (χ1) is 14.2. The van der Waals surface area contributed by atoms with Crippen molar-refractivity contribution >= 4 is 22.8 Å². The number of halogens is 1. The highest BCUT2D eigenvalue weighted by molar-refractivity contribution is 7.10. The smallest absolute Gasteiger partial charge is 0.234 e. The molecular weight excluding hydrogens is 383 g/mol. The number of nitrogens with one attached hydrogen (secondary N) is 1. The van der Waals surface area contributed by atoms with Crippen LogP contribution in [0.2, 0.25) is 0 Å². The van der Waals surface area contributed by atoms with Gasteiger partial charge in [0.2, 0.25) is 5.91 Å². The van der Waals surface area contributed by atoms with Gasteiger partial charge < -0.3 is 5.32 Å². The first-order valence-electron chi connectivity index (χ1n) is 9.74. The summed E-state index contributed by atoms with van der Waals surface area (Å²) >= 11 is 1.58. The minimum Gasteiger partial charge on any atom is -0.343 e. The van der Waals surface area contributed by atoms with Crippen LogP contribution in [-0.2, 0) is 4.79 Å². The lowest BCUT2D eigenvalue weighted by Crippen LogP contribution is -2.40. The number of carbonyl (C=O) groups excluding carboxylic acids is 1. The van der Waals surface area contributed by atoms with Gasteiger partial charge in [-0.1, -0.05) is 54.6 Å². The van der Waals surface area contributed by atoms with Crippen molar-refractivity contribution in [3.8, 4) is 0 Å². The Kier molecular flexibility index (Phi) is 6.17. The van der Waals surface area contributed by atoms with Gasteiger partial charge in [0, 0.05) is 18.0 Å². The Morgan fingerprint density at radius 1 is 1.07 bits per heavy atom. The lowest BCUT2D eigenvalue weighted by atomic mass is 9.99. The second-order valence-corrected chi connectivity index (χ2v) is 8.13. The second kappa shape index (κ2) is 9.16. The molecule has 3 nitrogen and oxygen atoms in total. The predicted octanol–water partition coefficient (Wildman–Crippen LogP) is 4.88. The molecule has 1 unspecified atom stereocenters. The molecule has 0 radical (unpaired) electrons. The van der Waals surface area contributed by atoms with Crippen LogP contribution in [-0.4, -0.2) is 30.4 Å². The van der Waals surface area contributed by atoms with E-state index in [0.717, 1.165) is 30.0 Å². The van der Waals surface area contributed by atoms with E-state index in [0.29, 0.717) is 6.54 Å². The number of thiophene rings is 1. The van der Waals surface area contributed by atoms with E-state index in [9.17, 15) is 9.18 Å². The quantitative estimate of drug-likeness (QED) is 0.633. The predicted molar refractivity (Wildman–Crippen MR) is 116 cm³/mol. The fourth-order valence-electron chi connectivity index (χ4n) is 3.61. The Morgan fingerprint density at radius 3 is 2.52 bits per heavy atom. The van der Waals surface area contributed by atoms with E-state index in [1.165, 1.54) is 23.3 Å². The van der Waals surface area contributed by atoms with Crippen LogP contribution in [0.4, 0.5) is 4.39 Å². The standard InChI is InChI=1S/C24H23FN2OS/c25-21-10-8-20(9-11-21)24(22-7-4-16-29-22)26-23(28)17-27-14-12-19(13-15-27)18-5-2-1-3-6-18/h1-12,16,24H,13-15,17H2,(H,26,28). The van der Waals surface area contributed by atoms with Gasteiger partial charge >= 0.3 is 0 Å². The van der Waals surface area contributed by atoms with E-state index in [1.54, 1.807) is 23.5 Å². The minimum atomic E-state index is -0.278. The number of rotatable bonds is 6. The molecule has 2 aromatic carbocycles. The number of nitrogens with zero attached hydrogens (tertiary/aromatic N) is 1. The fourth-order valence-corrected chi connectivity index (χ4v) is 4.41. The molecule has 1 aliphatic rings. The number of carbonyl (C=O) groups is 1. The molecule has 0 saturated carbocycles. The summed E-state index contributed by atoms with van der Waals surface area (Å²) in [7, 11) is 0. The van der Waals surface area contributed by atoms with Crippen molar-refractivity contribution in [1.82, 2.24) is 10.2 Å². The van der Waals surface area contributed by atoms with Crippen molar-refractivity contribution in [1.29, 1.82) is 0 Å². The SMILES string of the molecule is O=C(CN1CC=C(c2ccccc2)CC1)NC(c1ccc(F)cc1)c1cccs1. The van der Waals surface area contributed by atoms with E-state index in [1.807, 2.05) is 23.6 Å². The maximum absolute atomic E-state index is 13.3. The molecule has 3 aromatic rings. The average Bonchev–Trinajstić information content (AvgIpc) is 3.29. The molecule has 0 bridgehead atoms. The minimum absolute atomic E-state index is 0.0238. The summed E-state index contributed by atoms with van der Waals surface area (Å²) in [6.07, 6.45) is 3.15. The molecule has 5 heteroatoms. The maximum Gasteiger partial charge on any atom is 0.234 e. The summed E-state index contributed by atoms with van der Waals surface area (Å²) in [5, 5.41) is 5.12. The van der Waals surface area contributed by atoms with E-state index < -0.39 is 0 Å². The number of benzene rings is 2. The zero-order chi connectivity index (χ0) is 20.1. The highest BCUT2D eigenvalue weighted by atomic mass is 32.1. The molecule has 0 aliphatic carbocycles. The molecule has 1 atom stereocenters. The Hall–Kier alpha value is -2.76. The van der Waals surface area contributed by atoms with Crippen molar-refractivity contribution in [3.05, 3.63) is 100 Å². The topological polar surface area (TPSA) is 32.3 Å². The first-order valence-corrected chi connectivity index (χ1v) is 10.6. The molecule has 1 aliphatic heterocycles. The summed E-state index contributed by atoms with van der Waals surface area (Å²) in [5.74, 6) is -0.302. The summed E-state index contributed by atoms with van der Waals surface area (Å²) in [6, 6.07) is 20.4. The van der Waals surface area contributed by atoms with Crippen molar-refractivity contribution in [3.63, 3.8) is 0 Å². The van der Waals surface area contributed by atoms with Gasteiger partial charge in [-0.3, -0.25) is 9.69 Å². The van der Waals surface area contributed by atoms with Gasteiger partial charge in [0.05, 0.1) is 12.6 Å². The Balaban J connectivity index is 1.40. The number of amides is 1. The van der Waals surface area contributed by atoms with E-state index in [2.05, 4.69) is 40.6 Å². The van der Waals surface area contributed by atoms with Gasteiger partial charge in [-0.2, -0.15) is 0 Å². The van der Waals surface area contributed by atoms with Gasteiger partial charge in [-0.25, -0.2) is 4.39 Å². The lowest BCUT2D eigenvalue weighted by molar-refractivity contribution is -0.122. The van der Waals surface area contributed by atoms with E-state index in [4.69, 9.17) is 0 Å². The molecular formula is C24H23FN2OS. The van der Waals surface area contributed by atoms with Gasteiger partial charge in [-0.15, -0.1) is 11.3 Å². The Morgan fingerprint density at radius 2 is 1.86 bits per heavy atom. The van der Waals surface area contributed by atoms with Crippen LogP contribution in [0.25, 0.3) is 5.57 Å². The van der Waals surface area contributed by atoms with Gasteiger partial charge in [-0.05, 0) is 46.7 Å². The van der Waals surface area contributed by atoms with Crippen LogP contribution in [0.3, 0.4) is 0 Å². The molecule has 0 saturated heterocycles. The largest absolute Gasteiger partial charge is 0.343 e. The molecule has 1 aromatic heterocycles. The zero-order valence-electron chi connectivity index (χ0n) is 16.1. The van der Waals surface area contributed by atoms with Crippen LogP contribution in [0.5, 0.6) is 0 Å². The van der Waals surface area contributed by atoms with Crippen molar-refractivity contribution in [2.45, 2.75) is 12.5 Å². The fraction of sp³-hybridized carbons (Fsp3) is 0.208. The van der Waals surface area contributed by atoms with Crippen LogP contribution in [0, 0.1) is 5.82 Å². The van der Waals surface area contributed by atoms with Gasteiger partial charge in [0.15, 0.2) is 0 Å². The molecule has 2 heterocycles.